The highest BCUT2D eigenvalue weighted by molar-refractivity contribution is 7.91. The third kappa shape index (κ3) is 2.64. The number of rotatable bonds is 2. The Kier molecular flexibility index (Phi) is 3.53. The van der Waals surface area contributed by atoms with Gasteiger partial charge in [0.15, 0.2) is 9.84 Å². The van der Waals surface area contributed by atoms with Gasteiger partial charge in [0.25, 0.3) is 0 Å². The van der Waals surface area contributed by atoms with Gasteiger partial charge in [-0.2, -0.15) is 5.10 Å². The topological polar surface area (TPSA) is 64.8 Å². The summed E-state index contributed by atoms with van der Waals surface area (Å²) < 4.78 is 39.2. The van der Waals surface area contributed by atoms with Crippen LogP contribution in [0.1, 0.15) is 36.0 Å². The Labute approximate surface area is 140 Å². The van der Waals surface area contributed by atoms with E-state index in [0.717, 1.165) is 18.7 Å². The van der Waals surface area contributed by atoms with E-state index in [0.29, 0.717) is 28.6 Å². The summed E-state index contributed by atoms with van der Waals surface area (Å²) in [6, 6.07) is 5.06. The van der Waals surface area contributed by atoms with Gasteiger partial charge in [-0.25, -0.2) is 22.5 Å². The lowest BCUT2D eigenvalue weighted by Crippen LogP contribution is -2.11. The van der Waals surface area contributed by atoms with Crippen molar-refractivity contribution in [3.63, 3.8) is 0 Å². The number of benzene rings is 1. The van der Waals surface area contributed by atoms with Crippen molar-refractivity contribution < 1.29 is 12.8 Å². The molecule has 2 heterocycles. The summed E-state index contributed by atoms with van der Waals surface area (Å²) in [6.07, 6.45) is 1.63. The summed E-state index contributed by atoms with van der Waals surface area (Å²) >= 11 is 0. The van der Waals surface area contributed by atoms with Crippen molar-refractivity contribution in [1.29, 1.82) is 0 Å². The molecule has 24 heavy (non-hydrogen) atoms. The normalized spacial score (nSPS) is 28.2. The number of hydrogen-bond acceptors (Lipinski definition) is 4. The molecule has 1 saturated carbocycles. The van der Waals surface area contributed by atoms with Crippen LogP contribution in [0.3, 0.4) is 0 Å². The molecular weight excluding hydrogens is 329 g/mol. The highest BCUT2D eigenvalue weighted by atomic mass is 32.2. The van der Waals surface area contributed by atoms with Crippen LogP contribution < -0.4 is 0 Å². The first-order valence-electron chi connectivity index (χ1n) is 8.23. The molecular formula is C17H20FN3O2S. The van der Waals surface area contributed by atoms with Crippen LogP contribution in [0.15, 0.2) is 18.2 Å². The number of aryl methyl sites for hydroxylation is 2. The molecule has 128 valence electrons. The van der Waals surface area contributed by atoms with Gasteiger partial charge in [-0.3, -0.25) is 0 Å². The maximum atomic E-state index is 13.9. The highest BCUT2D eigenvalue weighted by Gasteiger charge is 2.45. The molecule has 5 nitrogen and oxygen atoms in total. The smallest absolute Gasteiger partial charge is 0.150 e. The number of aromatic nitrogens is 3. The van der Waals surface area contributed by atoms with Gasteiger partial charge in [-0.05, 0) is 56.2 Å². The zero-order valence-electron chi connectivity index (χ0n) is 13.7. The molecule has 2 aromatic rings. The molecule has 0 N–H and O–H groups in total. The molecule has 0 bridgehead atoms. The van der Waals surface area contributed by atoms with Gasteiger partial charge < -0.3 is 0 Å². The summed E-state index contributed by atoms with van der Waals surface area (Å²) in [5.41, 5.74) is 1.26. The van der Waals surface area contributed by atoms with Gasteiger partial charge >= 0.3 is 0 Å². The van der Waals surface area contributed by atoms with Crippen molar-refractivity contribution >= 4 is 9.84 Å². The third-order valence-corrected chi connectivity index (χ3v) is 7.15. The Balaban J connectivity index is 1.67. The predicted octanol–water partition coefficient (Wildman–Crippen LogP) is 2.56. The van der Waals surface area contributed by atoms with Crippen LogP contribution in [0, 0.1) is 31.5 Å². The molecule has 2 fully saturated rings. The number of halogens is 1. The molecule has 0 amide bonds. The monoisotopic (exact) mass is 349 g/mol. The zero-order valence-corrected chi connectivity index (χ0v) is 14.6. The summed E-state index contributed by atoms with van der Waals surface area (Å²) in [6.45, 7) is 3.55. The van der Waals surface area contributed by atoms with Crippen LogP contribution in [0.2, 0.25) is 0 Å². The van der Waals surface area contributed by atoms with Crippen LogP contribution in [0.4, 0.5) is 4.39 Å². The van der Waals surface area contributed by atoms with Crippen molar-refractivity contribution in [3.8, 4) is 5.69 Å². The average Bonchev–Trinajstić information content (AvgIpc) is 3.12. The second-order valence-electron chi connectivity index (χ2n) is 7.13. The van der Waals surface area contributed by atoms with Crippen LogP contribution in [0.25, 0.3) is 5.69 Å². The minimum Gasteiger partial charge on any atom is -0.229 e. The fraction of sp³-hybridized carbons (Fsp3) is 0.529. The van der Waals surface area contributed by atoms with E-state index >= 15 is 0 Å². The minimum absolute atomic E-state index is 0.182. The molecule has 1 aromatic heterocycles. The summed E-state index contributed by atoms with van der Waals surface area (Å²) in [4.78, 5) is 4.56. The van der Waals surface area contributed by atoms with Crippen LogP contribution in [-0.2, 0) is 9.84 Å². The average molecular weight is 349 g/mol. The molecule has 1 aliphatic heterocycles. The maximum Gasteiger partial charge on any atom is 0.150 e. The lowest BCUT2D eigenvalue weighted by atomic mass is 10.0. The van der Waals surface area contributed by atoms with E-state index in [9.17, 15) is 12.8 Å². The number of hydrogen-bond donors (Lipinski definition) is 0. The van der Waals surface area contributed by atoms with Gasteiger partial charge in [0.05, 0.1) is 17.2 Å². The molecule has 1 aliphatic carbocycles. The van der Waals surface area contributed by atoms with E-state index in [-0.39, 0.29) is 23.6 Å². The number of nitrogens with zero attached hydrogens (tertiary/aromatic N) is 3. The van der Waals surface area contributed by atoms with Crippen molar-refractivity contribution in [1.82, 2.24) is 14.8 Å². The van der Waals surface area contributed by atoms with Gasteiger partial charge in [-0.1, -0.05) is 6.07 Å². The van der Waals surface area contributed by atoms with E-state index in [2.05, 4.69) is 10.1 Å². The Morgan fingerprint density at radius 3 is 2.46 bits per heavy atom. The quantitative estimate of drug-likeness (QED) is 0.836. The number of fused-ring (bicyclic) bond motifs is 1. The molecule has 7 heteroatoms. The molecule has 4 rings (SSSR count). The Bertz CT molecular complexity index is 887. The Morgan fingerprint density at radius 1 is 1.17 bits per heavy atom. The lowest BCUT2D eigenvalue weighted by Gasteiger charge is -2.13. The molecule has 1 unspecified atom stereocenters. The molecule has 2 aliphatic rings. The number of sulfone groups is 1. The van der Waals surface area contributed by atoms with Crippen molar-refractivity contribution in [3.05, 3.63) is 41.2 Å². The fourth-order valence-electron chi connectivity index (χ4n) is 4.15. The summed E-state index contributed by atoms with van der Waals surface area (Å²) in [5, 5.41) is 4.44. The second-order valence-corrected chi connectivity index (χ2v) is 9.28. The molecule has 0 radical (unpaired) electrons. The summed E-state index contributed by atoms with van der Waals surface area (Å²) in [7, 11) is -2.87. The van der Waals surface area contributed by atoms with Crippen molar-refractivity contribution in [2.24, 2.45) is 11.8 Å². The van der Waals surface area contributed by atoms with E-state index in [1.807, 2.05) is 13.0 Å². The van der Waals surface area contributed by atoms with Crippen LogP contribution in [-0.4, -0.2) is 34.7 Å². The molecule has 0 spiro atoms. The Morgan fingerprint density at radius 2 is 1.83 bits per heavy atom. The van der Waals surface area contributed by atoms with Gasteiger partial charge in [0, 0.05) is 5.92 Å². The second kappa shape index (κ2) is 5.37. The van der Waals surface area contributed by atoms with Crippen LogP contribution in [0.5, 0.6) is 0 Å². The third-order valence-electron chi connectivity index (χ3n) is 5.28. The summed E-state index contributed by atoms with van der Waals surface area (Å²) in [5.74, 6) is 2.42. The standard InChI is InChI=1S/C17H20FN3O2S/c1-10-3-4-15(7-16(10)18)21-17(19-11(2)20-21)12-5-13-8-24(22,23)9-14(13)6-12/h3-4,7,12-14H,5-6,8-9H2,1-2H3/t12?,13-,14+. The minimum atomic E-state index is -2.87. The van der Waals surface area contributed by atoms with Crippen molar-refractivity contribution in [2.75, 3.05) is 11.5 Å². The Hall–Kier alpha value is -1.76. The highest BCUT2D eigenvalue weighted by Crippen LogP contribution is 2.46. The van der Waals surface area contributed by atoms with Gasteiger partial charge in [0.2, 0.25) is 0 Å². The first-order valence-corrected chi connectivity index (χ1v) is 10.0. The van der Waals surface area contributed by atoms with Gasteiger partial charge in [0.1, 0.15) is 17.5 Å². The predicted molar refractivity (Wildman–Crippen MR) is 88.4 cm³/mol. The zero-order chi connectivity index (χ0) is 17.1. The van der Waals surface area contributed by atoms with Crippen molar-refractivity contribution in [2.45, 2.75) is 32.6 Å². The fourth-order valence-corrected chi connectivity index (χ4v) is 6.41. The van der Waals surface area contributed by atoms with E-state index in [4.69, 9.17) is 0 Å². The maximum absolute atomic E-state index is 13.9. The van der Waals surface area contributed by atoms with E-state index in [1.165, 1.54) is 6.07 Å². The SMILES string of the molecule is Cc1nc(C2C[C@@H]3CS(=O)(=O)C[C@@H]3C2)n(-c2ccc(C)c(F)c2)n1. The van der Waals surface area contributed by atoms with E-state index in [1.54, 1.807) is 17.7 Å². The molecule has 1 aromatic carbocycles. The van der Waals surface area contributed by atoms with Crippen LogP contribution >= 0.6 is 0 Å². The molecule has 3 atom stereocenters. The largest absolute Gasteiger partial charge is 0.229 e. The first kappa shape index (κ1) is 15.7. The first-order chi connectivity index (χ1) is 11.3. The van der Waals surface area contributed by atoms with Gasteiger partial charge in [-0.15, -0.1) is 0 Å². The lowest BCUT2D eigenvalue weighted by molar-refractivity contribution is 0.494. The molecule has 1 saturated heterocycles. The van der Waals surface area contributed by atoms with E-state index < -0.39 is 9.84 Å².